The molecule has 0 aromatic heterocycles. The summed E-state index contributed by atoms with van der Waals surface area (Å²) in [6.07, 6.45) is 0. The van der Waals surface area contributed by atoms with Crippen LogP contribution in [0.1, 0.15) is 21.5 Å². The monoisotopic (exact) mass is 270 g/mol. The second kappa shape index (κ2) is 5.65. The quantitative estimate of drug-likeness (QED) is 0.842. The zero-order valence-corrected chi connectivity index (χ0v) is 11.9. The van der Waals surface area contributed by atoms with Gasteiger partial charge in [-0.3, -0.25) is 4.79 Å². The summed E-state index contributed by atoms with van der Waals surface area (Å²) in [4.78, 5) is 12.2. The van der Waals surface area contributed by atoms with E-state index in [2.05, 4.69) is 5.32 Å². The molecule has 3 N–H and O–H groups in total. The molecule has 0 fully saturated rings. The Balaban J connectivity index is 2.23. The van der Waals surface area contributed by atoms with Gasteiger partial charge in [-0.25, -0.2) is 0 Å². The number of carbonyl (C=O) groups is 1. The van der Waals surface area contributed by atoms with Gasteiger partial charge in [0.1, 0.15) is 5.75 Å². The third kappa shape index (κ3) is 2.91. The zero-order valence-electron chi connectivity index (χ0n) is 11.9. The van der Waals surface area contributed by atoms with Gasteiger partial charge in [-0.15, -0.1) is 0 Å². The van der Waals surface area contributed by atoms with Crippen LogP contribution in [0.3, 0.4) is 0 Å². The van der Waals surface area contributed by atoms with E-state index in [0.29, 0.717) is 11.3 Å². The highest BCUT2D eigenvalue weighted by atomic mass is 16.5. The molecule has 0 bridgehead atoms. The van der Waals surface area contributed by atoms with E-state index < -0.39 is 0 Å². The van der Waals surface area contributed by atoms with Crippen LogP contribution in [-0.4, -0.2) is 13.0 Å². The van der Waals surface area contributed by atoms with E-state index in [1.54, 1.807) is 25.3 Å². The summed E-state index contributed by atoms with van der Waals surface area (Å²) in [5.74, 6) is 0.547. The first-order valence-corrected chi connectivity index (χ1v) is 6.33. The van der Waals surface area contributed by atoms with Gasteiger partial charge in [0.25, 0.3) is 5.91 Å². The molecule has 0 aliphatic heterocycles. The van der Waals surface area contributed by atoms with Gasteiger partial charge in [0.2, 0.25) is 0 Å². The van der Waals surface area contributed by atoms with Crippen LogP contribution < -0.4 is 15.8 Å². The number of methoxy groups -OCH3 is 1. The molecule has 4 heteroatoms. The minimum Gasteiger partial charge on any atom is -0.497 e. The van der Waals surface area contributed by atoms with Gasteiger partial charge in [0, 0.05) is 11.4 Å². The minimum absolute atomic E-state index is 0.212. The molecule has 0 heterocycles. The summed E-state index contributed by atoms with van der Waals surface area (Å²) in [6.45, 7) is 3.85. The maximum absolute atomic E-state index is 12.2. The highest BCUT2D eigenvalue weighted by Crippen LogP contribution is 2.22. The lowest BCUT2D eigenvalue weighted by molar-refractivity contribution is 0.102. The van der Waals surface area contributed by atoms with Crippen LogP contribution in [0.25, 0.3) is 0 Å². The third-order valence-corrected chi connectivity index (χ3v) is 3.13. The fraction of sp³-hybridized carbons (Fsp3) is 0.188. The number of rotatable bonds is 3. The molecule has 4 nitrogen and oxygen atoms in total. The smallest absolute Gasteiger partial charge is 0.257 e. The lowest BCUT2D eigenvalue weighted by Gasteiger charge is -2.11. The van der Waals surface area contributed by atoms with E-state index in [9.17, 15) is 4.79 Å². The fourth-order valence-electron chi connectivity index (χ4n) is 1.98. The molecule has 104 valence electrons. The molecule has 20 heavy (non-hydrogen) atoms. The van der Waals surface area contributed by atoms with Gasteiger partial charge < -0.3 is 15.8 Å². The van der Waals surface area contributed by atoms with Crippen LogP contribution in [-0.2, 0) is 0 Å². The van der Waals surface area contributed by atoms with Crippen LogP contribution in [0.5, 0.6) is 5.75 Å². The van der Waals surface area contributed by atoms with E-state index >= 15 is 0 Å². The summed E-state index contributed by atoms with van der Waals surface area (Å²) in [5, 5.41) is 2.86. The molecule has 1 amide bonds. The first-order chi connectivity index (χ1) is 9.51. The Hall–Kier alpha value is -2.49. The second-order valence-corrected chi connectivity index (χ2v) is 4.73. The largest absolute Gasteiger partial charge is 0.497 e. The summed E-state index contributed by atoms with van der Waals surface area (Å²) < 4.78 is 5.14. The number of aryl methyl sites for hydroxylation is 2. The van der Waals surface area contributed by atoms with Gasteiger partial charge in [-0.1, -0.05) is 6.07 Å². The van der Waals surface area contributed by atoms with Crippen molar-refractivity contribution >= 4 is 17.3 Å². The molecule has 0 radical (unpaired) electrons. The molecule has 2 rings (SSSR count). The number of hydrogen-bond donors (Lipinski definition) is 2. The minimum atomic E-state index is -0.212. The average molecular weight is 270 g/mol. The Morgan fingerprint density at radius 2 is 1.90 bits per heavy atom. The molecule has 2 aromatic carbocycles. The Bertz CT molecular complexity index is 651. The average Bonchev–Trinajstić information content (AvgIpc) is 2.40. The molecular weight excluding hydrogens is 252 g/mol. The Labute approximate surface area is 118 Å². The first kappa shape index (κ1) is 13.9. The number of benzene rings is 2. The van der Waals surface area contributed by atoms with Crippen molar-refractivity contribution in [2.24, 2.45) is 0 Å². The van der Waals surface area contributed by atoms with Crippen molar-refractivity contribution in [3.05, 3.63) is 53.1 Å². The standard InChI is InChI=1S/C16H18N2O2/c1-10-4-6-13(14(17)8-10)16(19)18-15-7-5-12(20-3)9-11(15)2/h4-9H,17H2,1-3H3,(H,18,19). The number of nitrogens with one attached hydrogen (secondary N) is 1. The van der Waals surface area contributed by atoms with Crippen molar-refractivity contribution in [2.45, 2.75) is 13.8 Å². The van der Waals surface area contributed by atoms with Gasteiger partial charge in [0.05, 0.1) is 12.7 Å². The Morgan fingerprint density at radius 3 is 2.50 bits per heavy atom. The highest BCUT2D eigenvalue weighted by Gasteiger charge is 2.11. The van der Waals surface area contributed by atoms with Gasteiger partial charge in [-0.05, 0) is 55.3 Å². The van der Waals surface area contributed by atoms with Crippen LogP contribution >= 0.6 is 0 Å². The highest BCUT2D eigenvalue weighted by molar-refractivity contribution is 6.08. The summed E-state index contributed by atoms with van der Waals surface area (Å²) in [5.41, 5.74) is 9.54. The van der Waals surface area contributed by atoms with Crippen LogP contribution in [0.2, 0.25) is 0 Å². The van der Waals surface area contributed by atoms with Gasteiger partial charge in [-0.2, -0.15) is 0 Å². The third-order valence-electron chi connectivity index (χ3n) is 3.13. The van der Waals surface area contributed by atoms with Crippen molar-refractivity contribution in [3.8, 4) is 5.75 Å². The van der Waals surface area contributed by atoms with Crippen molar-refractivity contribution in [1.29, 1.82) is 0 Å². The van der Waals surface area contributed by atoms with Gasteiger partial charge >= 0.3 is 0 Å². The van der Waals surface area contributed by atoms with Crippen molar-refractivity contribution in [1.82, 2.24) is 0 Å². The summed E-state index contributed by atoms with van der Waals surface area (Å²) >= 11 is 0. The lowest BCUT2D eigenvalue weighted by atomic mass is 10.1. The van der Waals surface area contributed by atoms with E-state index in [-0.39, 0.29) is 5.91 Å². The van der Waals surface area contributed by atoms with E-state index in [4.69, 9.17) is 10.5 Å². The zero-order chi connectivity index (χ0) is 14.7. The number of amides is 1. The maximum atomic E-state index is 12.2. The lowest BCUT2D eigenvalue weighted by Crippen LogP contribution is -2.14. The number of ether oxygens (including phenoxy) is 1. The van der Waals surface area contributed by atoms with Crippen LogP contribution in [0.4, 0.5) is 11.4 Å². The molecule has 0 saturated heterocycles. The maximum Gasteiger partial charge on any atom is 0.257 e. The molecule has 0 spiro atoms. The molecule has 0 atom stereocenters. The van der Waals surface area contributed by atoms with E-state index in [0.717, 1.165) is 22.6 Å². The summed E-state index contributed by atoms with van der Waals surface area (Å²) in [6, 6.07) is 10.9. The molecular formula is C16H18N2O2. The number of nitrogen functional groups attached to an aromatic ring is 1. The molecule has 0 aliphatic rings. The van der Waals surface area contributed by atoms with E-state index in [1.807, 2.05) is 32.0 Å². The normalized spacial score (nSPS) is 10.2. The second-order valence-electron chi connectivity index (χ2n) is 4.73. The van der Waals surface area contributed by atoms with Crippen molar-refractivity contribution < 1.29 is 9.53 Å². The topological polar surface area (TPSA) is 64.3 Å². The predicted molar refractivity (Wildman–Crippen MR) is 81.3 cm³/mol. The van der Waals surface area contributed by atoms with Crippen LogP contribution in [0.15, 0.2) is 36.4 Å². The van der Waals surface area contributed by atoms with E-state index in [1.165, 1.54) is 0 Å². The van der Waals surface area contributed by atoms with Crippen molar-refractivity contribution in [2.75, 3.05) is 18.2 Å². The fourth-order valence-corrected chi connectivity index (χ4v) is 1.98. The Kier molecular flexibility index (Phi) is 3.94. The van der Waals surface area contributed by atoms with Gasteiger partial charge in [0.15, 0.2) is 0 Å². The first-order valence-electron chi connectivity index (χ1n) is 6.33. The number of nitrogens with two attached hydrogens (primary N) is 1. The predicted octanol–water partition coefficient (Wildman–Crippen LogP) is 3.15. The number of hydrogen-bond acceptors (Lipinski definition) is 3. The number of carbonyl (C=O) groups excluding carboxylic acids is 1. The van der Waals surface area contributed by atoms with Crippen molar-refractivity contribution in [3.63, 3.8) is 0 Å². The SMILES string of the molecule is COc1ccc(NC(=O)c2ccc(C)cc2N)c(C)c1. The molecule has 2 aromatic rings. The molecule has 0 saturated carbocycles. The number of anilines is 2. The molecule has 0 aliphatic carbocycles. The molecule has 0 unspecified atom stereocenters. The van der Waals surface area contributed by atoms with Crippen LogP contribution in [0, 0.1) is 13.8 Å². The Morgan fingerprint density at radius 1 is 1.15 bits per heavy atom. The summed E-state index contributed by atoms with van der Waals surface area (Å²) in [7, 11) is 1.61.